The Morgan fingerprint density at radius 2 is 1.96 bits per heavy atom. The molecule has 0 bridgehead atoms. The van der Waals surface area contributed by atoms with Gasteiger partial charge in [-0.05, 0) is 35.9 Å². The summed E-state index contributed by atoms with van der Waals surface area (Å²) in [6.45, 7) is 0. The van der Waals surface area contributed by atoms with Crippen molar-refractivity contribution in [2.75, 3.05) is 0 Å². The number of nitro benzene ring substituents is 1. The van der Waals surface area contributed by atoms with Crippen molar-refractivity contribution < 1.29 is 9.72 Å². The predicted molar refractivity (Wildman–Crippen MR) is 92.8 cm³/mol. The molecule has 0 spiro atoms. The molecule has 1 aromatic heterocycles. The summed E-state index contributed by atoms with van der Waals surface area (Å²) in [5.74, 6) is -0.347. The molecule has 8 heteroatoms. The number of hydrogen-bond acceptors (Lipinski definition) is 5. The van der Waals surface area contributed by atoms with Crippen LogP contribution in [0.3, 0.4) is 0 Å². The topological polar surface area (TPSA) is 90.9 Å². The molecular formula is C17H11ClN4O3. The maximum Gasteiger partial charge on any atom is 0.288 e. The van der Waals surface area contributed by atoms with E-state index in [0.717, 1.165) is 11.3 Å². The minimum absolute atomic E-state index is 0.00534. The monoisotopic (exact) mass is 354 g/mol. The van der Waals surface area contributed by atoms with E-state index in [0.29, 0.717) is 0 Å². The summed E-state index contributed by atoms with van der Waals surface area (Å²) >= 11 is 5.74. The number of rotatable bonds is 5. The average Bonchev–Trinajstić information content (AvgIpc) is 3.15. The maximum absolute atomic E-state index is 12.2. The van der Waals surface area contributed by atoms with Gasteiger partial charge in [0.25, 0.3) is 5.69 Å². The second-order valence-electron chi connectivity index (χ2n) is 5.05. The zero-order chi connectivity index (χ0) is 17.8. The minimum Gasteiger partial charge on any atom is -0.289 e. The summed E-state index contributed by atoms with van der Waals surface area (Å²) in [4.78, 5) is 26.3. The van der Waals surface area contributed by atoms with Gasteiger partial charge in [-0.2, -0.15) is 5.10 Å². The fourth-order valence-electron chi connectivity index (χ4n) is 2.15. The van der Waals surface area contributed by atoms with E-state index in [2.05, 4.69) is 10.1 Å². The molecule has 0 unspecified atom stereocenters. The van der Waals surface area contributed by atoms with E-state index >= 15 is 0 Å². The average molecular weight is 355 g/mol. The van der Waals surface area contributed by atoms with Crippen LogP contribution in [-0.2, 0) is 0 Å². The Hall–Kier alpha value is -3.32. The zero-order valence-corrected chi connectivity index (χ0v) is 13.5. The molecular weight excluding hydrogens is 344 g/mol. The van der Waals surface area contributed by atoms with Gasteiger partial charge in [0.05, 0.1) is 10.6 Å². The number of ketones is 1. The molecule has 2 aromatic carbocycles. The predicted octanol–water partition coefficient (Wildman–Crippen LogP) is 3.73. The molecule has 0 aliphatic carbocycles. The van der Waals surface area contributed by atoms with Crippen LogP contribution in [0.2, 0.25) is 5.02 Å². The highest BCUT2D eigenvalue weighted by Gasteiger charge is 2.14. The van der Waals surface area contributed by atoms with Gasteiger partial charge in [0.15, 0.2) is 5.78 Å². The normalized spacial score (nSPS) is 10.9. The van der Waals surface area contributed by atoms with Crippen molar-refractivity contribution >= 4 is 29.1 Å². The summed E-state index contributed by atoms with van der Waals surface area (Å²) in [5, 5.41) is 14.9. The molecule has 0 saturated heterocycles. The Bertz CT molecular complexity index is 951. The van der Waals surface area contributed by atoms with Crippen molar-refractivity contribution in [3.05, 3.63) is 87.5 Å². The number of nitrogens with zero attached hydrogens (tertiary/aromatic N) is 4. The third-order valence-corrected chi connectivity index (χ3v) is 3.75. The van der Waals surface area contributed by atoms with Crippen molar-refractivity contribution in [3.63, 3.8) is 0 Å². The second kappa shape index (κ2) is 7.06. The van der Waals surface area contributed by atoms with E-state index in [1.54, 1.807) is 17.1 Å². The molecule has 0 aliphatic rings. The van der Waals surface area contributed by atoms with Gasteiger partial charge in [-0.25, -0.2) is 9.67 Å². The van der Waals surface area contributed by atoms with Crippen LogP contribution in [0.4, 0.5) is 5.69 Å². The fraction of sp³-hybridized carbons (Fsp3) is 0. The molecule has 0 radical (unpaired) electrons. The number of allylic oxidation sites excluding steroid dienone is 1. The van der Waals surface area contributed by atoms with Gasteiger partial charge in [-0.1, -0.05) is 29.8 Å². The van der Waals surface area contributed by atoms with Gasteiger partial charge in [0, 0.05) is 11.6 Å². The first kappa shape index (κ1) is 16.5. The highest BCUT2D eigenvalue weighted by Crippen LogP contribution is 2.25. The first-order chi connectivity index (χ1) is 12.0. The van der Waals surface area contributed by atoms with Gasteiger partial charge in [0.1, 0.15) is 17.7 Å². The van der Waals surface area contributed by atoms with E-state index in [1.165, 1.54) is 30.6 Å². The molecule has 124 valence electrons. The molecule has 0 atom stereocenters. The number of hydrogen-bond donors (Lipinski definition) is 0. The van der Waals surface area contributed by atoms with Gasteiger partial charge in [-0.15, -0.1) is 0 Å². The fourth-order valence-corrected chi connectivity index (χ4v) is 2.34. The number of carbonyl (C=O) groups excluding carboxylic acids is 1. The Labute approximate surface area is 147 Å². The summed E-state index contributed by atoms with van der Waals surface area (Å²) in [5.41, 5.74) is 1.56. The van der Waals surface area contributed by atoms with Gasteiger partial charge in [-0.3, -0.25) is 14.9 Å². The molecule has 3 rings (SSSR count). The summed E-state index contributed by atoms with van der Waals surface area (Å²) in [6.07, 6.45) is 6.02. The first-order valence-corrected chi connectivity index (χ1v) is 7.54. The number of halogens is 1. The highest BCUT2D eigenvalue weighted by atomic mass is 35.5. The molecule has 1 heterocycles. The van der Waals surface area contributed by atoms with E-state index in [9.17, 15) is 14.9 Å². The van der Waals surface area contributed by atoms with Crippen molar-refractivity contribution in [2.24, 2.45) is 0 Å². The third kappa shape index (κ3) is 3.78. The third-order valence-electron chi connectivity index (χ3n) is 3.43. The second-order valence-corrected chi connectivity index (χ2v) is 5.46. The Balaban J connectivity index is 1.76. The Morgan fingerprint density at radius 1 is 1.20 bits per heavy atom. The van der Waals surface area contributed by atoms with Crippen LogP contribution in [0.25, 0.3) is 11.8 Å². The number of carbonyl (C=O) groups is 1. The van der Waals surface area contributed by atoms with E-state index in [-0.39, 0.29) is 22.1 Å². The van der Waals surface area contributed by atoms with Crippen LogP contribution < -0.4 is 0 Å². The lowest BCUT2D eigenvalue weighted by atomic mass is 10.1. The standard InChI is InChI=1S/C17H11ClN4O3/c18-15-7-4-13(9-16(15)22(24)25)17(23)8-3-12-1-5-14(6-2-12)21-11-19-10-20-21/h1-11H/b8-3+. The largest absolute Gasteiger partial charge is 0.289 e. The van der Waals surface area contributed by atoms with Crippen LogP contribution in [0.1, 0.15) is 15.9 Å². The number of nitro groups is 1. The quantitative estimate of drug-likeness (QED) is 0.301. The van der Waals surface area contributed by atoms with Gasteiger partial charge >= 0.3 is 0 Å². The van der Waals surface area contributed by atoms with Crippen LogP contribution in [-0.4, -0.2) is 25.5 Å². The summed E-state index contributed by atoms with van der Waals surface area (Å²) in [6, 6.07) is 11.3. The maximum atomic E-state index is 12.2. The van der Waals surface area contributed by atoms with Crippen LogP contribution in [0.5, 0.6) is 0 Å². The first-order valence-electron chi connectivity index (χ1n) is 7.16. The van der Waals surface area contributed by atoms with Gasteiger partial charge < -0.3 is 0 Å². The molecule has 7 nitrogen and oxygen atoms in total. The van der Waals surface area contributed by atoms with Crippen molar-refractivity contribution in [3.8, 4) is 5.69 Å². The van der Waals surface area contributed by atoms with Crippen LogP contribution >= 0.6 is 11.6 Å². The lowest BCUT2D eigenvalue weighted by Crippen LogP contribution is -1.97. The summed E-state index contributed by atoms with van der Waals surface area (Å²) in [7, 11) is 0. The minimum atomic E-state index is -0.619. The molecule has 0 amide bonds. The highest BCUT2D eigenvalue weighted by molar-refractivity contribution is 6.32. The number of benzene rings is 2. The Kier molecular flexibility index (Phi) is 4.67. The smallest absolute Gasteiger partial charge is 0.288 e. The zero-order valence-electron chi connectivity index (χ0n) is 12.7. The number of aromatic nitrogens is 3. The van der Waals surface area contributed by atoms with Gasteiger partial charge in [0.2, 0.25) is 0 Å². The summed E-state index contributed by atoms with van der Waals surface area (Å²) < 4.78 is 1.62. The molecule has 3 aromatic rings. The molecule has 0 N–H and O–H groups in total. The van der Waals surface area contributed by atoms with E-state index in [4.69, 9.17) is 11.6 Å². The Morgan fingerprint density at radius 3 is 2.60 bits per heavy atom. The van der Waals surface area contributed by atoms with Crippen molar-refractivity contribution in [1.82, 2.24) is 14.8 Å². The van der Waals surface area contributed by atoms with E-state index in [1.807, 2.05) is 24.3 Å². The van der Waals surface area contributed by atoms with Crippen LogP contribution in [0.15, 0.2) is 61.2 Å². The van der Waals surface area contributed by atoms with E-state index < -0.39 is 4.92 Å². The lowest BCUT2D eigenvalue weighted by Gasteiger charge is -2.01. The molecule has 25 heavy (non-hydrogen) atoms. The molecule has 0 fully saturated rings. The molecule has 0 saturated carbocycles. The van der Waals surface area contributed by atoms with Crippen molar-refractivity contribution in [2.45, 2.75) is 0 Å². The van der Waals surface area contributed by atoms with Crippen molar-refractivity contribution in [1.29, 1.82) is 0 Å². The molecule has 0 aliphatic heterocycles. The SMILES string of the molecule is O=C(/C=C/c1ccc(-n2cncn2)cc1)c1ccc(Cl)c([N+](=O)[O-])c1. The van der Waals surface area contributed by atoms with Crippen LogP contribution in [0, 0.1) is 10.1 Å². The lowest BCUT2D eigenvalue weighted by molar-refractivity contribution is -0.384.